The molecule has 1 aromatic heterocycles. The second kappa shape index (κ2) is 7.63. The van der Waals surface area contributed by atoms with Crippen molar-refractivity contribution in [3.8, 4) is 0 Å². The third-order valence-corrected chi connectivity index (χ3v) is 3.29. The van der Waals surface area contributed by atoms with Gasteiger partial charge in [0, 0.05) is 12.1 Å². The molecule has 116 valence electrons. The van der Waals surface area contributed by atoms with Crippen LogP contribution in [0.1, 0.15) is 18.1 Å². The van der Waals surface area contributed by atoms with E-state index in [-0.39, 0.29) is 13.0 Å². The largest absolute Gasteiger partial charge is 0.472 e. The number of nitrogens with one attached hydrogen (secondary N) is 2. The first-order valence-corrected chi connectivity index (χ1v) is 6.99. The Labute approximate surface area is 132 Å². The minimum absolute atomic E-state index is 0.154. The lowest BCUT2D eigenvalue weighted by molar-refractivity contribution is -0.136. The smallest absolute Gasteiger partial charge is 0.313 e. The fourth-order valence-corrected chi connectivity index (χ4v) is 1.96. The molecule has 0 unspecified atom stereocenters. The number of rotatable bonds is 5. The van der Waals surface area contributed by atoms with Crippen LogP contribution in [0.2, 0.25) is 5.02 Å². The van der Waals surface area contributed by atoms with Crippen molar-refractivity contribution in [2.75, 3.05) is 11.9 Å². The van der Waals surface area contributed by atoms with Crippen molar-refractivity contribution in [1.29, 1.82) is 0 Å². The average Bonchev–Trinajstić information content (AvgIpc) is 3.03. The Morgan fingerprint density at radius 1 is 1.23 bits per heavy atom. The van der Waals surface area contributed by atoms with Crippen LogP contribution in [-0.4, -0.2) is 23.5 Å². The van der Waals surface area contributed by atoms with Crippen molar-refractivity contribution >= 4 is 29.1 Å². The van der Waals surface area contributed by atoms with Gasteiger partial charge in [-0.2, -0.15) is 0 Å². The zero-order valence-corrected chi connectivity index (χ0v) is 12.3. The lowest BCUT2D eigenvalue weighted by Gasteiger charge is -2.10. The topological polar surface area (TPSA) is 91.6 Å². The van der Waals surface area contributed by atoms with E-state index in [4.69, 9.17) is 16.0 Å². The maximum atomic E-state index is 11.7. The lowest BCUT2D eigenvalue weighted by atomic mass is 10.1. The van der Waals surface area contributed by atoms with Crippen molar-refractivity contribution in [1.82, 2.24) is 5.32 Å². The van der Waals surface area contributed by atoms with Gasteiger partial charge in [-0.3, -0.25) is 9.59 Å². The zero-order valence-electron chi connectivity index (χ0n) is 11.6. The summed E-state index contributed by atoms with van der Waals surface area (Å²) in [6.45, 7) is 0.154. The summed E-state index contributed by atoms with van der Waals surface area (Å²) < 4.78 is 4.85. The molecule has 2 aromatic rings. The van der Waals surface area contributed by atoms with Gasteiger partial charge in [0.05, 0.1) is 29.3 Å². The number of amides is 2. The SMILES string of the molecule is O=C(NCC[C@@H](O)c1ccoc1)C(=O)Nc1ccccc1Cl. The standard InChI is InChI=1S/C15H15ClN2O4/c16-11-3-1-2-4-12(11)18-15(21)14(20)17-7-5-13(19)10-6-8-22-9-10/h1-4,6,8-9,13,19H,5,7H2,(H,17,20)(H,18,21)/t13-/m1/s1. The van der Waals surface area contributed by atoms with E-state index in [9.17, 15) is 14.7 Å². The average molecular weight is 323 g/mol. The summed E-state index contributed by atoms with van der Waals surface area (Å²) in [5, 5.41) is 15.0. The van der Waals surface area contributed by atoms with Gasteiger partial charge in [0.2, 0.25) is 0 Å². The molecule has 0 radical (unpaired) electrons. The fraction of sp³-hybridized carbons (Fsp3) is 0.200. The Morgan fingerprint density at radius 2 is 2.00 bits per heavy atom. The number of hydrogen-bond acceptors (Lipinski definition) is 4. The van der Waals surface area contributed by atoms with Crippen LogP contribution >= 0.6 is 11.6 Å². The van der Waals surface area contributed by atoms with Crippen LogP contribution in [0, 0.1) is 0 Å². The van der Waals surface area contributed by atoms with Crippen molar-refractivity contribution in [3.63, 3.8) is 0 Å². The van der Waals surface area contributed by atoms with E-state index < -0.39 is 17.9 Å². The number of aliphatic hydroxyl groups is 1. The number of anilines is 1. The van der Waals surface area contributed by atoms with E-state index in [1.165, 1.54) is 12.5 Å². The number of carbonyl (C=O) groups excluding carboxylic acids is 2. The number of carbonyl (C=O) groups is 2. The first-order valence-electron chi connectivity index (χ1n) is 6.62. The summed E-state index contributed by atoms with van der Waals surface area (Å²) in [5.74, 6) is -1.61. The summed E-state index contributed by atoms with van der Waals surface area (Å²) in [7, 11) is 0. The van der Waals surface area contributed by atoms with Gasteiger partial charge in [0.15, 0.2) is 0 Å². The van der Waals surface area contributed by atoms with E-state index in [2.05, 4.69) is 10.6 Å². The molecule has 0 aliphatic heterocycles. The van der Waals surface area contributed by atoms with Crippen LogP contribution in [0.3, 0.4) is 0 Å². The first kappa shape index (κ1) is 16.1. The summed E-state index contributed by atoms with van der Waals surface area (Å²) in [6.07, 6.45) is 2.39. The van der Waals surface area contributed by atoms with Crippen molar-refractivity contribution in [3.05, 3.63) is 53.4 Å². The van der Waals surface area contributed by atoms with Gasteiger partial charge in [-0.15, -0.1) is 0 Å². The molecule has 0 aliphatic carbocycles. The molecule has 7 heteroatoms. The minimum Gasteiger partial charge on any atom is -0.472 e. The Bertz CT molecular complexity index is 643. The van der Waals surface area contributed by atoms with Crippen LogP contribution in [0.15, 0.2) is 47.3 Å². The van der Waals surface area contributed by atoms with Crippen molar-refractivity contribution < 1.29 is 19.1 Å². The maximum Gasteiger partial charge on any atom is 0.313 e. The second-order valence-corrected chi connectivity index (χ2v) is 4.96. The molecule has 22 heavy (non-hydrogen) atoms. The van der Waals surface area contributed by atoms with Gasteiger partial charge < -0.3 is 20.2 Å². The van der Waals surface area contributed by atoms with E-state index in [1.54, 1.807) is 30.3 Å². The molecule has 0 saturated heterocycles. The van der Waals surface area contributed by atoms with Gasteiger partial charge in [-0.25, -0.2) is 0 Å². The molecule has 1 aromatic carbocycles. The van der Waals surface area contributed by atoms with Gasteiger partial charge in [0.1, 0.15) is 0 Å². The molecule has 3 N–H and O–H groups in total. The number of benzene rings is 1. The Kier molecular flexibility index (Phi) is 5.57. The van der Waals surface area contributed by atoms with Gasteiger partial charge in [0.25, 0.3) is 0 Å². The monoisotopic (exact) mass is 322 g/mol. The zero-order chi connectivity index (χ0) is 15.9. The summed E-state index contributed by atoms with van der Waals surface area (Å²) >= 11 is 5.89. The van der Waals surface area contributed by atoms with E-state index in [1.807, 2.05) is 0 Å². The highest BCUT2D eigenvalue weighted by atomic mass is 35.5. The third kappa shape index (κ3) is 4.34. The number of aliphatic hydroxyl groups excluding tert-OH is 1. The molecule has 1 atom stereocenters. The van der Waals surface area contributed by atoms with Gasteiger partial charge in [-0.05, 0) is 24.6 Å². The highest BCUT2D eigenvalue weighted by Crippen LogP contribution is 2.20. The molecule has 0 fully saturated rings. The number of halogens is 1. The Hall–Kier alpha value is -2.31. The Morgan fingerprint density at radius 3 is 2.68 bits per heavy atom. The molecule has 1 heterocycles. The van der Waals surface area contributed by atoms with E-state index in [0.29, 0.717) is 16.3 Å². The number of furan rings is 1. The molecule has 2 amide bonds. The van der Waals surface area contributed by atoms with E-state index >= 15 is 0 Å². The minimum atomic E-state index is -0.814. The van der Waals surface area contributed by atoms with Gasteiger partial charge >= 0.3 is 11.8 Å². The summed E-state index contributed by atoms with van der Waals surface area (Å²) in [4.78, 5) is 23.4. The fourth-order valence-electron chi connectivity index (χ4n) is 1.78. The highest BCUT2D eigenvalue weighted by molar-refractivity contribution is 6.41. The quantitative estimate of drug-likeness (QED) is 0.735. The molecule has 2 rings (SSSR count). The second-order valence-electron chi connectivity index (χ2n) is 4.55. The maximum absolute atomic E-state index is 11.7. The lowest BCUT2D eigenvalue weighted by Crippen LogP contribution is -2.36. The predicted octanol–water partition coefficient (Wildman–Crippen LogP) is 2.11. The van der Waals surface area contributed by atoms with Gasteiger partial charge in [-0.1, -0.05) is 23.7 Å². The third-order valence-electron chi connectivity index (χ3n) is 2.96. The number of para-hydroxylation sites is 1. The molecule has 0 spiro atoms. The summed E-state index contributed by atoms with van der Waals surface area (Å²) in [6, 6.07) is 8.25. The van der Waals surface area contributed by atoms with Crippen LogP contribution in [0.25, 0.3) is 0 Å². The van der Waals surface area contributed by atoms with Crippen molar-refractivity contribution in [2.45, 2.75) is 12.5 Å². The van der Waals surface area contributed by atoms with Crippen LogP contribution in [-0.2, 0) is 9.59 Å². The van der Waals surface area contributed by atoms with Crippen LogP contribution in [0.4, 0.5) is 5.69 Å². The number of hydrogen-bond donors (Lipinski definition) is 3. The molecule has 0 aliphatic rings. The molecular weight excluding hydrogens is 308 g/mol. The summed E-state index contributed by atoms with van der Waals surface area (Å²) in [5.41, 5.74) is 0.984. The highest BCUT2D eigenvalue weighted by Gasteiger charge is 2.15. The predicted molar refractivity (Wildman–Crippen MR) is 81.4 cm³/mol. The molecule has 6 nitrogen and oxygen atoms in total. The van der Waals surface area contributed by atoms with Crippen molar-refractivity contribution in [2.24, 2.45) is 0 Å². The molecule has 0 bridgehead atoms. The van der Waals surface area contributed by atoms with E-state index in [0.717, 1.165) is 0 Å². The first-order chi connectivity index (χ1) is 10.6. The van der Waals surface area contributed by atoms with Crippen LogP contribution in [0.5, 0.6) is 0 Å². The normalized spacial score (nSPS) is 11.7. The molecular formula is C15H15ClN2O4. The van der Waals surface area contributed by atoms with Crippen LogP contribution < -0.4 is 10.6 Å². The Balaban J connectivity index is 1.77. The molecule has 0 saturated carbocycles.